The third-order valence-corrected chi connectivity index (χ3v) is 4.69. The lowest BCUT2D eigenvalue weighted by atomic mass is 10.1. The summed E-state index contributed by atoms with van der Waals surface area (Å²) in [7, 11) is 0. The minimum Gasteiger partial charge on any atom is -0.361 e. The quantitative estimate of drug-likeness (QED) is 0.721. The fourth-order valence-corrected chi connectivity index (χ4v) is 3.46. The highest BCUT2D eigenvalue weighted by Gasteiger charge is 2.34. The van der Waals surface area contributed by atoms with Crippen molar-refractivity contribution in [1.29, 1.82) is 0 Å². The minimum absolute atomic E-state index is 0.0630. The molecule has 1 unspecified atom stereocenters. The van der Waals surface area contributed by atoms with Gasteiger partial charge in [-0.3, -0.25) is 4.79 Å². The van der Waals surface area contributed by atoms with Gasteiger partial charge in [0, 0.05) is 24.4 Å². The zero-order valence-corrected chi connectivity index (χ0v) is 14.8. The van der Waals surface area contributed by atoms with Gasteiger partial charge in [0.1, 0.15) is 17.3 Å². The smallest absolute Gasteiger partial charge is 0.258 e. The van der Waals surface area contributed by atoms with Crippen molar-refractivity contribution in [3.05, 3.63) is 65.4 Å². The number of amides is 1. The molecule has 0 spiro atoms. The molecule has 1 atom stereocenters. The molecule has 1 fully saturated rings. The molecular formula is C20H20N4O2. The maximum atomic E-state index is 13.3. The average molecular weight is 348 g/mol. The van der Waals surface area contributed by atoms with E-state index >= 15 is 0 Å². The van der Waals surface area contributed by atoms with Gasteiger partial charge < -0.3 is 9.42 Å². The number of carbonyl (C=O) groups excluding carboxylic acids is 1. The summed E-state index contributed by atoms with van der Waals surface area (Å²) in [4.78, 5) is 24.0. The molecule has 26 heavy (non-hydrogen) atoms. The van der Waals surface area contributed by atoms with Gasteiger partial charge in [-0.15, -0.1) is 0 Å². The second-order valence-corrected chi connectivity index (χ2v) is 6.56. The van der Waals surface area contributed by atoms with Crippen LogP contribution in [0.4, 0.5) is 0 Å². The highest BCUT2D eigenvalue weighted by atomic mass is 16.5. The Hall–Kier alpha value is -3.02. The molecule has 0 saturated carbocycles. The zero-order chi connectivity index (χ0) is 18.1. The molecule has 0 aliphatic carbocycles. The van der Waals surface area contributed by atoms with Crippen molar-refractivity contribution >= 4 is 5.91 Å². The highest BCUT2D eigenvalue weighted by Crippen LogP contribution is 2.34. The molecule has 2 aromatic heterocycles. The van der Waals surface area contributed by atoms with E-state index in [0.717, 1.165) is 29.9 Å². The van der Waals surface area contributed by atoms with E-state index in [1.165, 1.54) is 0 Å². The Morgan fingerprint density at radius 3 is 2.77 bits per heavy atom. The first-order chi connectivity index (χ1) is 12.6. The van der Waals surface area contributed by atoms with Gasteiger partial charge in [-0.1, -0.05) is 35.5 Å². The Morgan fingerprint density at radius 2 is 2.04 bits per heavy atom. The van der Waals surface area contributed by atoms with Crippen molar-refractivity contribution in [3.63, 3.8) is 0 Å². The van der Waals surface area contributed by atoms with Crippen molar-refractivity contribution < 1.29 is 9.32 Å². The fourth-order valence-electron chi connectivity index (χ4n) is 3.46. The molecule has 132 valence electrons. The van der Waals surface area contributed by atoms with Crippen LogP contribution in [0.1, 0.15) is 46.5 Å². The van der Waals surface area contributed by atoms with Crippen LogP contribution in [0.15, 0.2) is 47.1 Å². The summed E-state index contributed by atoms with van der Waals surface area (Å²) in [6, 6.07) is 11.6. The van der Waals surface area contributed by atoms with E-state index in [-0.39, 0.29) is 11.9 Å². The maximum Gasteiger partial charge on any atom is 0.258 e. The van der Waals surface area contributed by atoms with Gasteiger partial charge >= 0.3 is 0 Å². The third kappa shape index (κ3) is 2.98. The lowest BCUT2D eigenvalue weighted by Gasteiger charge is -2.24. The molecule has 1 amide bonds. The second-order valence-electron chi connectivity index (χ2n) is 6.56. The first-order valence-electron chi connectivity index (χ1n) is 8.77. The van der Waals surface area contributed by atoms with Gasteiger partial charge in [-0.05, 0) is 26.7 Å². The summed E-state index contributed by atoms with van der Waals surface area (Å²) in [5, 5.41) is 4.12. The molecule has 0 N–H and O–H groups in total. The molecule has 1 aromatic carbocycles. The number of benzene rings is 1. The third-order valence-electron chi connectivity index (χ3n) is 4.69. The van der Waals surface area contributed by atoms with E-state index < -0.39 is 0 Å². The number of hydrogen-bond acceptors (Lipinski definition) is 5. The summed E-state index contributed by atoms with van der Waals surface area (Å²) in [6.45, 7) is 4.38. The Bertz CT molecular complexity index is 936. The summed E-state index contributed by atoms with van der Waals surface area (Å²) < 4.78 is 5.21. The van der Waals surface area contributed by atoms with Gasteiger partial charge in [0.25, 0.3) is 5.91 Å². The number of aromatic nitrogens is 3. The van der Waals surface area contributed by atoms with Gasteiger partial charge in [0.05, 0.1) is 17.3 Å². The number of rotatable bonds is 3. The molecule has 3 aromatic rings. The van der Waals surface area contributed by atoms with E-state index in [2.05, 4.69) is 15.1 Å². The largest absolute Gasteiger partial charge is 0.361 e. The van der Waals surface area contributed by atoms with Crippen molar-refractivity contribution in [3.8, 4) is 11.3 Å². The Kier molecular flexibility index (Phi) is 4.24. The van der Waals surface area contributed by atoms with Crippen LogP contribution in [-0.2, 0) is 0 Å². The maximum absolute atomic E-state index is 13.3. The summed E-state index contributed by atoms with van der Waals surface area (Å²) in [6.07, 6.45) is 3.46. The monoisotopic (exact) mass is 348 g/mol. The van der Waals surface area contributed by atoms with Crippen LogP contribution in [0.2, 0.25) is 0 Å². The van der Waals surface area contributed by atoms with Gasteiger partial charge in [0.2, 0.25) is 0 Å². The average Bonchev–Trinajstić information content (AvgIpc) is 3.30. The molecule has 3 heterocycles. The Labute approximate surface area is 151 Å². The van der Waals surface area contributed by atoms with Crippen LogP contribution in [-0.4, -0.2) is 32.5 Å². The molecule has 0 radical (unpaired) electrons. The zero-order valence-electron chi connectivity index (χ0n) is 14.8. The summed E-state index contributed by atoms with van der Waals surface area (Å²) in [5.74, 6) is 1.33. The van der Waals surface area contributed by atoms with Crippen LogP contribution in [0, 0.1) is 13.8 Å². The van der Waals surface area contributed by atoms with E-state index in [0.29, 0.717) is 23.6 Å². The first-order valence-corrected chi connectivity index (χ1v) is 8.77. The predicted octanol–water partition coefficient (Wildman–Crippen LogP) is 3.73. The lowest BCUT2D eigenvalue weighted by molar-refractivity contribution is 0.0731. The topological polar surface area (TPSA) is 72.1 Å². The molecule has 0 bridgehead atoms. The molecule has 6 nitrogen and oxygen atoms in total. The number of likely N-dealkylation sites (tertiary alicyclic amines) is 1. The minimum atomic E-state index is -0.0649. The van der Waals surface area contributed by atoms with Crippen LogP contribution >= 0.6 is 0 Å². The van der Waals surface area contributed by atoms with E-state index in [1.807, 2.05) is 55.1 Å². The summed E-state index contributed by atoms with van der Waals surface area (Å²) >= 11 is 0. The predicted molar refractivity (Wildman–Crippen MR) is 96.5 cm³/mol. The van der Waals surface area contributed by atoms with Crippen LogP contribution < -0.4 is 0 Å². The van der Waals surface area contributed by atoms with Crippen molar-refractivity contribution in [2.24, 2.45) is 0 Å². The van der Waals surface area contributed by atoms with Gasteiger partial charge in [-0.2, -0.15) is 0 Å². The van der Waals surface area contributed by atoms with Crippen LogP contribution in [0.3, 0.4) is 0 Å². The molecule has 1 aliphatic rings. The van der Waals surface area contributed by atoms with Crippen LogP contribution in [0.25, 0.3) is 11.3 Å². The molecule has 1 saturated heterocycles. The highest BCUT2D eigenvalue weighted by molar-refractivity contribution is 6.00. The first kappa shape index (κ1) is 16.4. The number of carbonyl (C=O) groups is 1. The van der Waals surface area contributed by atoms with E-state index in [1.54, 1.807) is 6.20 Å². The van der Waals surface area contributed by atoms with E-state index in [9.17, 15) is 4.79 Å². The molecule has 4 rings (SSSR count). The number of aryl methyl sites for hydroxylation is 2. The van der Waals surface area contributed by atoms with Crippen LogP contribution in [0.5, 0.6) is 0 Å². The number of hydrogen-bond donors (Lipinski definition) is 0. The molecular weight excluding hydrogens is 328 g/mol. The standard InChI is InChI=1S/C20H20N4O2/c1-13-11-17(23-26-13)18-9-6-10-24(18)20(25)16-12-21-14(2)22-19(16)15-7-4-3-5-8-15/h3-5,7-8,11-12,18H,6,9-10H2,1-2H3. The fraction of sp³-hybridized carbons (Fsp3) is 0.300. The second kappa shape index (κ2) is 6.71. The van der Waals surface area contributed by atoms with Crippen molar-refractivity contribution in [2.45, 2.75) is 32.7 Å². The summed E-state index contributed by atoms with van der Waals surface area (Å²) in [5.41, 5.74) is 2.91. The van der Waals surface area contributed by atoms with Gasteiger partial charge in [-0.25, -0.2) is 9.97 Å². The Morgan fingerprint density at radius 1 is 1.23 bits per heavy atom. The van der Waals surface area contributed by atoms with E-state index in [4.69, 9.17) is 4.52 Å². The number of nitrogens with zero attached hydrogens (tertiary/aromatic N) is 4. The normalized spacial score (nSPS) is 16.8. The van der Waals surface area contributed by atoms with Gasteiger partial charge in [0.15, 0.2) is 0 Å². The Balaban J connectivity index is 1.72. The van der Waals surface area contributed by atoms with Crippen molar-refractivity contribution in [1.82, 2.24) is 20.0 Å². The molecule has 6 heteroatoms. The lowest BCUT2D eigenvalue weighted by Crippen LogP contribution is -2.31. The SMILES string of the molecule is Cc1ncc(C(=O)N2CCCC2c2cc(C)on2)c(-c2ccccc2)n1. The molecule has 1 aliphatic heterocycles. The van der Waals surface area contributed by atoms with Crippen molar-refractivity contribution in [2.75, 3.05) is 6.54 Å².